The molecule has 0 saturated heterocycles. The van der Waals surface area contributed by atoms with Gasteiger partial charge in [-0.15, -0.1) is 16.4 Å². The van der Waals surface area contributed by atoms with Crippen molar-refractivity contribution in [2.75, 3.05) is 0 Å². The van der Waals surface area contributed by atoms with E-state index in [-0.39, 0.29) is 17.1 Å². The van der Waals surface area contributed by atoms with Gasteiger partial charge in [0.25, 0.3) is 0 Å². The van der Waals surface area contributed by atoms with Gasteiger partial charge in [-0.1, -0.05) is 42.5 Å². The van der Waals surface area contributed by atoms with Crippen LogP contribution in [0.5, 0.6) is 0 Å². The Labute approximate surface area is 192 Å². The number of thiophene rings is 1. The summed E-state index contributed by atoms with van der Waals surface area (Å²) in [6, 6.07) is 15.9. The number of hydrogen-bond acceptors (Lipinski definition) is 5. The molecule has 0 unspecified atom stereocenters. The van der Waals surface area contributed by atoms with Crippen molar-refractivity contribution in [2.45, 2.75) is 39.0 Å². The minimum absolute atomic E-state index is 0.268. The lowest BCUT2D eigenvalue weighted by atomic mass is 9.94. The molecular formula is C25H21FN4O2S. The SMILES string of the molecule is CC1(C)Cc2c(sc3c2c2nc(-c4ccccc4)nn2c(=O)n3Cc2ccc(F)cc2)CO1. The Balaban J connectivity index is 1.65. The Morgan fingerprint density at radius 3 is 2.64 bits per heavy atom. The monoisotopic (exact) mass is 460 g/mol. The summed E-state index contributed by atoms with van der Waals surface area (Å²) >= 11 is 1.57. The van der Waals surface area contributed by atoms with E-state index < -0.39 is 0 Å². The number of fused-ring (bicyclic) bond motifs is 5. The molecule has 33 heavy (non-hydrogen) atoms. The Morgan fingerprint density at radius 1 is 1.12 bits per heavy atom. The molecule has 0 N–H and O–H groups in total. The van der Waals surface area contributed by atoms with Gasteiger partial charge in [0.05, 0.1) is 24.1 Å². The Hall–Kier alpha value is -3.36. The lowest BCUT2D eigenvalue weighted by Gasteiger charge is -2.30. The maximum absolute atomic E-state index is 13.6. The predicted octanol–water partition coefficient (Wildman–Crippen LogP) is 4.81. The first kappa shape index (κ1) is 20.3. The summed E-state index contributed by atoms with van der Waals surface area (Å²) in [4.78, 5) is 20.4. The number of benzene rings is 2. The fourth-order valence-electron chi connectivity index (χ4n) is 4.39. The van der Waals surface area contributed by atoms with Crippen LogP contribution in [0.1, 0.15) is 29.9 Å². The molecule has 2 aromatic carbocycles. The number of halogens is 1. The van der Waals surface area contributed by atoms with E-state index in [2.05, 4.69) is 18.9 Å². The normalized spacial score (nSPS) is 15.2. The standard InChI is InChI=1S/C25H21FN4O2S/c1-25(2)12-18-19(14-32-25)33-23-20(18)22-27-21(16-6-4-3-5-7-16)28-30(22)24(31)29(23)13-15-8-10-17(26)11-9-15/h3-11H,12-14H2,1-2H3. The number of aromatic nitrogens is 4. The molecule has 0 amide bonds. The van der Waals surface area contributed by atoms with Crippen LogP contribution in [0.25, 0.3) is 27.3 Å². The molecule has 166 valence electrons. The van der Waals surface area contributed by atoms with Crippen LogP contribution in [0.15, 0.2) is 59.4 Å². The van der Waals surface area contributed by atoms with E-state index >= 15 is 0 Å². The van der Waals surface area contributed by atoms with Gasteiger partial charge in [0.1, 0.15) is 10.6 Å². The van der Waals surface area contributed by atoms with Gasteiger partial charge < -0.3 is 4.74 Å². The van der Waals surface area contributed by atoms with Crippen LogP contribution in [0.3, 0.4) is 0 Å². The lowest BCUT2D eigenvalue weighted by molar-refractivity contribution is -0.0379. The molecule has 0 radical (unpaired) electrons. The molecule has 0 aliphatic carbocycles. The molecule has 0 fully saturated rings. The third-order valence-corrected chi connectivity index (χ3v) is 7.27. The molecule has 0 spiro atoms. The Kier molecular flexibility index (Phi) is 4.50. The van der Waals surface area contributed by atoms with Crippen molar-refractivity contribution < 1.29 is 9.13 Å². The van der Waals surface area contributed by atoms with Gasteiger partial charge in [-0.05, 0) is 37.1 Å². The van der Waals surface area contributed by atoms with Crippen LogP contribution in [0, 0.1) is 5.82 Å². The summed E-state index contributed by atoms with van der Waals surface area (Å²) in [6.07, 6.45) is 0.722. The molecule has 3 aromatic heterocycles. The van der Waals surface area contributed by atoms with Gasteiger partial charge in [0.15, 0.2) is 11.5 Å². The van der Waals surface area contributed by atoms with Gasteiger partial charge >= 0.3 is 5.69 Å². The van der Waals surface area contributed by atoms with Crippen molar-refractivity contribution in [2.24, 2.45) is 0 Å². The first-order valence-electron chi connectivity index (χ1n) is 10.8. The summed E-state index contributed by atoms with van der Waals surface area (Å²) in [5.74, 6) is 0.209. The minimum atomic E-state index is -0.307. The van der Waals surface area contributed by atoms with Gasteiger partial charge in [0.2, 0.25) is 0 Å². The molecule has 0 saturated carbocycles. The first-order chi connectivity index (χ1) is 15.9. The van der Waals surface area contributed by atoms with Gasteiger partial charge in [-0.3, -0.25) is 4.57 Å². The summed E-state index contributed by atoms with van der Waals surface area (Å²) in [6.45, 7) is 4.96. The van der Waals surface area contributed by atoms with E-state index in [1.165, 1.54) is 16.6 Å². The summed E-state index contributed by atoms with van der Waals surface area (Å²) in [5, 5.41) is 5.55. The third kappa shape index (κ3) is 3.37. The minimum Gasteiger partial charge on any atom is -0.370 e. The first-order valence-corrected chi connectivity index (χ1v) is 11.6. The van der Waals surface area contributed by atoms with Gasteiger partial charge in [0, 0.05) is 16.9 Å². The zero-order valence-electron chi connectivity index (χ0n) is 18.2. The third-order valence-electron chi connectivity index (χ3n) is 6.04. The molecule has 8 heteroatoms. The molecule has 4 heterocycles. The zero-order chi connectivity index (χ0) is 22.7. The molecule has 0 bridgehead atoms. The molecule has 5 aromatic rings. The van der Waals surface area contributed by atoms with E-state index in [0.717, 1.165) is 38.2 Å². The van der Waals surface area contributed by atoms with Crippen LogP contribution < -0.4 is 5.69 Å². The van der Waals surface area contributed by atoms with Crippen molar-refractivity contribution in [3.8, 4) is 11.4 Å². The molecule has 6 rings (SSSR count). The van der Waals surface area contributed by atoms with Crippen LogP contribution in [-0.4, -0.2) is 24.8 Å². The summed E-state index contributed by atoms with van der Waals surface area (Å²) in [5.41, 5.74) is 2.85. The van der Waals surface area contributed by atoms with Crippen molar-refractivity contribution in [3.05, 3.63) is 86.9 Å². The second-order valence-corrected chi connectivity index (χ2v) is 10.0. The van der Waals surface area contributed by atoms with E-state index in [1.807, 2.05) is 30.3 Å². The summed E-state index contributed by atoms with van der Waals surface area (Å²) < 4.78 is 22.6. The predicted molar refractivity (Wildman–Crippen MR) is 126 cm³/mol. The van der Waals surface area contributed by atoms with E-state index in [4.69, 9.17) is 9.72 Å². The Morgan fingerprint density at radius 2 is 1.88 bits per heavy atom. The highest BCUT2D eigenvalue weighted by Crippen LogP contribution is 2.40. The molecule has 1 aliphatic heterocycles. The number of hydrogen-bond donors (Lipinski definition) is 0. The van der Waals surface area contributed by atoms with Crippen LogP contribution in [-0.2, 0) is 24.3 Å². The van der Waals surface area contributed by atoms with Crippen LogP contribution in [0.2, 0.25) is 0 Å². The van der Waals surface area contributed by atoms with Crippen molar-refractivity contribution >= 4 is 27.2 Å². The topological polar surface area (TPSA) is 61.4 Å². The Bertz CT molecular complexity index is 1570. The molecule has 1 aliphatic rings. The maximum Gasteiger partial charge on any atom is 0.352 e. The number of nitrogens with zero attached hydrogens (tertiary/aromatic N) is 4. The van der Waals surface area contributed by atoms with Crippen molar-refractivity contribution in [1.82, 2.24) is 19.2 Å². The smallest absolute Gasteiger partial charge is 0.352 e. The fraction of sp³-hybridized carbons (Fsp3) is 0.240. The zero-order valence-corrected chi connectivity index (χ0v) is 19.0. The quantitative estimate of drug-likeness (QED) is 0.388. The highest BCUT2D eigenvalue weighted by Gasteiger charge is 2.32. The van der Waals surface area contributed by atoms with Gasteiger partial charge in [-0.25, -0.2) is 14.2 Å². The molecular weight excluding hydrogens is 439 g/mol. The van der Waals surface area contributed by atoms with Crippen LogP contribution in [0.4, 0.5) is 4.39 Å². The fourth-order valence-corrected chi connectivity index (χ4v) is 5.61. The number of ether oxygens (including phenoxy) is 1. The van der Waals surface area contributed by atoms with Gasteiger partial charge in [-0.2, -0.15) is 4.52 Å². The summed E-state index contributed by atoms with van der Waals surface area (Å²) in [7, 11) is 0. The second-order valence-electron chi connectivity index (χ2n) is 8.94. The highest BCUT2D eigenvalue weighted by molar-refractivity contribution is 7.19. The number of rotatable bonds is 3. The van der Waals surface area contributed by atoms with Crippen molar-refractivity contribution in [1.29, 1.82) is 0 Å². The average Bonchev–Trinajstić information content (AvgIpc) is 3.40. The second kappa shape index (κ2) is 7.33. The largest absolute Gasteiger partial charge is 0.370 e. The van der Waals surface area contributed by atoms with Crippen LogP contribution >= 0.6 is 11.3 Å². The molecule has 0 atom stereocenters. The highest BCUT2D eigenvalue weighted by atomic mass is 32.1. The van der Waals surface area contributed by atoms with E-state index in [9.17, 15) is 9.18 Å². The lowest BCUT2D eigenvalue weighted by Crippen LogP contribution is -2.31. The van der Waals surface area contributed by atoms with E-state index in [0.29, 0.717) is 24.6 Å². The molecule has 6 nitrogen and oxygen atoms in total. The van der Waals surface area contributed by atoms with E-state index in [1.54, 1.807) is 28.0 Å². The maximum atomic E-state index is 13.6. The average molecular weight is 461 g/mol. The van der Waals surface area contributed by atoms with Crippen molar-refractivity contribution in [3.63, 3.8) is 0 Å².